The molecule has 1 heterocycles. The summed E-state index contributed by atoms with van der Waals surface area (Å²) in [6, 6.07) is 6.90. The Hall–Kier alpha value is -2.55. The number of non-ortho nitro benzene ring substituents is 1. The van der Waals surface area contributed by atoms with Gasteiger partial charge in [0.15, 0.2) is 0 Å². The van der Waals surface area contributed by atoms with Gasteiger partial charge in [0.2, 0.25) is 0 Å². The van der Waals surface area contributed by atoms with Gasteiger partial charge in [-0.2, -0.15) is 0 Å². The van der Waals surface area contributed by atoms with Crippen molar-refractivity contribution in [3.8, 4) is 5.75 Å². The molecule has 27 heavy (non-hydrogen) atoms. The zero-order valence-corrected chi connectivity index (χ0v) is 16.0. The van der Waals surface area contributed by atoms with Crippen LogP contribution in [0.25, 0.3) is 0 Å². The second-order valence-corrected chi connectivity index (χ2v) is 6.66. The molecule has 0 aliphatic carbocycles. The molecule has 0 aromatic heterocycles. The zero-order chi connectivity index (χ0) is 19.7. The summed E-state index contributed by atoms with van der Waals surface area (Å²) >= 11 is 18.2. The average molecular weight is 430 g/mol. The number of anilines is 1. The summed E-state index contributed by atoms with van der Waals surface area (Å²) in [6.07, 6.45) is -0.0822. The number of benzene rings is 2. The first-order valence-corrected chi connectivity index (χ1v) is 8.57. The Balaban J connectivity index is 1.97. The Morgan fingerprint density at radius 3 is 2.48 bits per heavy atom. The molecule has 1 saturated heterocycles. The number of nitrogens with one attached hydrogen (secondary N) is 1. The summed E-state index contributed by atoms with van der Waals surface area (Å²) in [5.74, 6) is 0.216. The third-order valence-electron chi connectivity index (χ3n) is 3.64. The van der Waals surface area contributed by atoms with Gasteiger partial charge in [-0.1, -0.05) is 34.8 Å². The number of ether oxygens (including phenoxy) is 1. The number of amides is 1. The highest BCUT2D eigenvalue weighted by Gasteiger charge is 2.30. The van der Waals surface area contributed by atoms with Crippen molar-refractivity contribution in [2.24, 2.45) is 4.99 Å². The third kappa shape index (κ3) is 3.92. The van der Waals surface area contributed by atoms with E-state index in [0.29, 0.717) is 10.8 Å². The van der Waals surface area contributed by atoms with E-state index in [1.807, 2.05) is 0 Å². The van der Waals surface area contributed by atoms with E-state index in [-0.39, 0.29) is 45.3 Å². The van der Waals surface area contributed by atoms with Crippen LogP contribution < -0.4 is 15.2 Å². The second kappa shape index (κ2) is 7.59. The molecule has 1 aliphatic heterocycles. The highest BCUT2D eigenvalue weighted by molar-refractivity contribution is 6.42. The molecule has 140 valence electrons. The van der Waals surface area contributed by atoms with Crippen LogP contribution in [-0.4, -0.2) is 23.8 Å². The fourth-order valence-electron chi connectivity index (χ4n) is 2.47. The lowest BCUT2D eigenvalue weighted by Crippen LogP contribution is -2.36. The largest absolute Gasteiger partial charge is 0.494 e. The number of amidine groups is 1. The predicted octanol–water partition coefficient (Wildman–Crippen LogP) is 4.54. The lowest BCUT2D eigenvalue weighted by atomic mass is 10.2. The number of rotatable bonds is 4. The van der Waals surface area contributed by atoms with Crippen LogP contribution >= 0.6 is 34.8 Å². The maximum Gasteiger partial charge on any atom is 0.271 e. The first kappa shape index (κ1) is 19.2. The number of aliphatic imine (C=N–C) groups is 1. The van der Waals surface area contributed by atoms with Crippen LogP contribution in [0.4, 0.5) is 17.1 Å². The van der Waals surface area contributed by atoms with Crippen molar-refractivity contribution in [3.63, 3.8) is 0 Å². The Bertz CT molecular complexity index is 957. The molecule has 0 bridgehead atoms. The number of hydrazine groups is 1. The number of methoxy groups -OCH3 is 1. The van der Waals surface area contributed by atoms with Crippen LogP contribution in [0.5, 0.6) is 5.75 Å². The van der Waals surface area contributed by atoms with Gasteiger partial charge in [-0.25, -0.2) is 10.0 Å². The Kier molecular flexibility index (Phi) is 5.41. The number of hydrogen-bond donors (Lipinski definition) is 1. The van der Waals surface area contributed by atoms with Gasteiger partial charge in [-0.05, 0) is 18.2 Å². The molecule has 0 saturated carbocycles. The predicted molar refractivity (Wildman–Crippen MR) is 103 cm³/mol. The second-order valence-electron chi connectivity index (χ2n) is 5.41. The normalized spacial score (nSPS) is 15.2. The molecule has 1 fully saturated rings. The van der Waals surface area contributed by atoms with Crippen LogP contribution in [0.1, 0.15) is 6.42 Å². The van der Waals surface area contributed by atoms with Crippen LogP contribution in [0, 0.1) is 10.1 Å². The van der Waals surface area contributed by atoms with Crippen LogP contribution in [0.3, 0.4) is 0 Å². The van der Waals surface area contributed by atoms with E-state index in [2.05, 4.69) is 10.4 Å². The van der Waals surface area contributed by atoms with E-state index in [0.717, 1.165) is 5.01 Å². The number of nitro benzene ring substituents is 1. The number of nitro groups is 1. The highest BCUT2D eigenvalue weighted by Crippen LogP contribution is 2.38. The topological polar surface area (TPSA) is 97.1 Å². The fraction of sp³-hybridized carbons (Fsp3) is 0.125. The fourth-order valence-corrected chi connectivity index (χ4v) is 3.46. The summed E-state index contributed by atoms with van der Waals surface area (Å²) in [7, 11) is 1.41. The van der Waals surface area contributed by atoms with Crippen molar-refractivity contribution in [2.75, 3.05) is 12.1 Å². The molecule has 3 rings (SSSR count). The van der Waals surface area contributed by atoms with Crippen molar-refractivity contribution >= 4 is 63.6 Å². The van der Waals surface area contributed by atoms with E-state index >= 15 is 0 Å². The van der Waals surface area contributed by atoms with Gasteiger partial charge in [0, 0.05) is 17.2 Å². The third-order valence-corrected chi connectivity index (χ3v) is 4.44. The van der Waals surface area contributed by atoms with Crippen molar-refractivity contribution in [2.45, 2.75) is 6.42 Å². The van der Waals surface area contributed by atoms with Crippen LogP contribution in [-0.2, 0) is 4.79 Å². The summed E-state index contributed by atoms with van der Waals surface area (Å²) in [5, 5.41) is 12.8. The Labute approximate surface area is 168 Å². The molecular formula is C16H11Cl3N4O4. The summed E-state index contributed by atoms with van der Waals surface area (Å²) in [6.45, 7) is 0. The minimum absolute atomic E-state index is 0.0822. The van der Waals surface area contributed by atoms with Gasteiger partial charge in [0.25, 0.3) is 11.6 Å². The maximum atomic E-state index is 12.4. The summed E-state index contributed by atoms with van der Waals surface area (Å²) in [4.78, 5) is 27.1. The minimum Gasteiger partial charge on any atom is -0.494 e. The first-order valence-electron chi connectivity index (χ1n) is 7.44. The molecule has 1 N–H and O–H groups in total. The molecule has 0 unspecified atom stereocenters. The highest BCUT2D eigenvalue weighted by atomic mass is 35.5. The molecule has 0 radical (unpaired) electrons. The van der Waals surface area contributed by atoms with Crippen LogP contribution in [0.2, 0.25) is 15.1 Å². The number of halogens is 3. The molecule has 0 atom stereocenters. The maximum absolute atomic E-state index is 12.4. The SMILES string of the molecule is COc1ccc([N+](=O)[O-])cc1N=C1CC(=O)N(c2c(Cl)cc(Cl)cc2Cl)N1. The smallest absolute Gasteiger partial charge is 0.271 e. The minimum atomic E-state index is -0.546. The van der Waals surface area contributed by atoms with Crippen molar-refractivity contribution in [1.29, 1.82) is 0 Å². The quantitative estimate of drug-likeness (QED) is 0.568. The van der Waals surface area contributed by atoms with Gasteiger partial charge in [0.05, 0.1) is 28.5 Å². The van der Waals surface area contributed by atoms with E-state index in [9.17, 15) is 14.9 Å². The van der Waals surface area contributed by atoms with Gasteiger partial charge in [-0.15, -0.1) is 0 Å². The van der Waals surface area contributed by atoms with Crippen molar-refractivity contribution < 1.29 is 14.5 Å². The number of carbonyl (C=O) groups is 1. The number of hydrogen-bond acceptors (Lipinski definition) is 5. The monoisotopic (exact) mass is 428 g/mol. The van der Waals surface area contributed by atoms with E-state index in [4.69, 9.17) is 39.5 Å². The molecular weight excluding hydrogens is 419 g/mol. The molecule has 2 aromatic carbocycles. The molecule has 1 aliphatic rings. The average Bonchev–Trinajstić information content (AvgIpc) is 2.94. The van der Waals surface area contributed by atoms with Crippen molar-refractivity contribution in [3.05, 3.63) is 55.5 Å². The summed E-state index contributed by atoms with van der Waals surface area (Å²) < 4.78 is 5.17. The van der Waals surface area contributed by atoms with Gasteiger partial charge >= 0.3 is 0 Å². The van der Waals surface area contributed by atoms with E-state index in [1.165, 1.54) is 37.4 Å². The van der Waals surface area contributed by atoms with Gasteiger partial charge in [-0.3, -0.25) is 20.3 Å². The van der Waals surface area contributed by atoms with E-state index < -0.39 is 4.92 Å². The van der Waals surface area contributed by atoms with Gasteiger partial charge in [0.1, 0.15) is 23.0 Å². The standard InChI is InChI=1S/C16H11Cl3N4O4/c1-27-13-3-2-9(23(25)26)6-12(13)20-14-7-15(24)22(21-14)16-10(18)4-8(17)5-11(16)19/h2-6H,7H2,1H3,(H,20,21). The zero-order valence-electron chi connectivity index (χ0n) is 13.7. The molecule has 1 amide bonds. The molecule has 11 heteroatoms. The molecule has 0 spiro atoms. The summed E-state index contributed by atoms with van der Waals surface area (Å²) in [5.41, 5.74) is 3.10. The van der Waals surface area contributed by atoms with Crippen molar-refractivity contribution in [1.82, 2.24) is 5.43 Å². The molecule has 8 nitrogen and oxygen atoms in total. The first-order chi connectivity index (χ1) is 12.8. The van der Waals surface area contributed by atoms with E-state index in [1.54, 1.807) is 0 Å². The molecule has 2 aromatic rings. The number of carbonyl (C=O) groups excluding carboxylic acids is 1. The lowest BCUT2D eigenvalue weighted by molar-refractivity contribution is -0.384. The van der Waals surface area contributed by atoms with Crippen LogP contribution in [0.15, 0.2) is 35.3 Å². The van der Waals surface area contributed by atoms with Gasteiger partial charge < -0.3 is 4.74 Å². The number of nitrogens with zero attached hydrogens (tertiary/aromatic N) is 3. The lowest BCUT2D eigenvalue weighted by Gasteiger charge is -2.19. The Morgan fingerprint density at radius 2 is 1.89 bits per heavy atom. The Morgan fingerprint density at radius 1 is 1.22 bits per heavy atom.